The number of anilines is 1. The van der Waals surface area contributed by atoms with Gasteiger partial charge in [0, 0.05) is 49.8 Å². The lowest BCUT2D eigenvalue weighted by Gasteiger charge is -2.29. The average Bonchev–Trinajstić information content (AvgIpc) is 3.17. The number of halogens is 2. The monoisotopic (exact) mass is 408 g/mol. The van der Waals surface area contributed by atoms with Crippen molar-refractivity contribution in [2.75, 3.05) is 31.1 Å². The number of nitrogens with one attached hydrogen (secondary N) is 1. The molecule has 1 aliphatic heterocycles. The quantitative estimate of drug-likeness (QED) is 0.560. The standard InChI is InChI=1S/C21H18ClFN6/c22-16-11-14(4-5-17(16)23)29-12-15(18-3-1-2-6-25-18)19-20(26-13-27-21(19)29)28-9-7-24-8-10-28/h1-6,11-13,24H,7-10H2. The molecule has 8 heteroatoms. The number of aromatic nitrogens is 4. The summed E-state index contributed by atoms with van der Waals surface area (Å²) in [6.07, 6.45) is 5.31. The molecule has 0 bridgehead atoms. The highest BCUT2D eigenvalue weighted by molar-refractivity contribution is 6.30. The van der Waals surface area contributed by atoms with Crippen LogP contribution in [-0.4, -0.2) is 45.7 Å². The zero-order chi connectivity index (χ0) is 19.8. The molecule has 0 unspecified atom stereocenters. The van der Waals surface area contributed by atoms with Crippen LogP contribution in [0.3, 0.4) is 0 Å². The van der Waals surface area contributed by atoms with Gasteiger partial charge in [0.1, 0.15) is 18.0 Å². The molecule has 1 aliphatic rings. The molecular formula is C21H18ClFN6. The van der Waals surface area contributed by atoms with Crippen molar-refractivity contribution in [3.05, 3.63) is 66.0 Å². The van der Waals surface area contributed by atoms with Crippen LogP contribution in [0.25, 0.3) is 28.0 Å². The highest BCUT2D eigenvalue weighted by atomic mass is 35.5. The summed E-state index contributed by atoms with van der Waals surface area (Å²) in [5.41, 5.74) is 3.22. The zero-order valence-electron chi connectivity index (χ0n) is 15.5. The summed E-state index contributed by atoms with van der Waals surface area (Å²) in [6.45, 7) is 3.53. The molecule has 4 aromatic rings. The second-order valence-electron chi connectivity index (χ2n) is 6.86. The Balaban J connectivity index is 1.78. The third-order valence-corrected chi connectivity index (χ3v) is 5.39. The van der Waals surface area contributed by atoms with Crippen molar-refractivity contribution < 1.29 is 4.39 Å². The van der Waals surface area contributed by atoms with Crippen molar-refractivity contribution in [2.24, 2.45) is 0 Å². The van der Waals surface area contributed by atoms with Crippen LogP contribution in [0, 0.1) is 5.82 Å². The molecule has 29 heavy (non-hydrogen) atoms. The van der Waals surface area contributed by atoms with Gasteiger partial charge in [-0.05, 0) is 30.3 Å². The van der Waals surface area contributed by atoms with Crippen LogP contribution < -0.4 is 10.2 Å². The van der Waals surface area contributed by atoms with E-state index in [0.717, 1.165) is 60.0 Å². The maximum Gasteiger partial charge on any atom is 0.150 e. The molecule has 0 aliphatic carbocycles. The number of hydrogen-bond donors (Lipinski definition) is 1. The van der Waals surface area contributed by atoms with Crippen LogP contribution in [0.15, 0.2) is 55.1 Å². The molecule has 4 heterocycles. The second kappa shape index (κ2) is 7.42. The Hall–Kier alpha value is -3.03. The number of hydrogen-bond acceptors (Lipinski definition) is 5. The van der Waals surface area contributed by atoms with E-state index < -0.39 is 5.82 Å². The van der Waals surface area contributed by atoms with Crippen LogP contribution in [0.4, 0.5) is 10.2 Å². The van der Waals surface area contributed by atoms with E-state index in [1.54, 1.807) is 24.7 Å². The summed E-state index contributed by atoms with van der Waals surface area (Å²) in [5, 5.41) is 4.36. The van der Waals surface area contributed by atoms with Crippen molar-refractivity contribution >= 4 is 28.5 Å². The smallest absolute Gasteiger partial charge is 0.150 e. The number of benzene rings is 1. The molecule has 1 N–H and O–H groups in total. The Kier molecular flexibility index (Phi) is 4.61. The van der Waals surface area contributed by atoms with Gasteiger partial charge in [0.15, 0.2) is 5.65 Å². The predicted octanol–water partition coefficient (Wildman–Crippen LogP) is 3.68. The van der Waals surface area contributed by atoms with E-state index in [-0.39, 0.29) is 5.02 Å². The fourth-order valence-corrected chi connectivity index (χ4v) is 3.88. The highest BCUT2D eigenvalue weighted by Gasteiger charge is 2.22. The molecule has 0 amide bonds. The SMILES string of the molecule is Fc1ccc(-n2cc(-c3ccccn3)c3c(N4CCNCC4)ncnc32)cc1Cl. The van der Waals surface area contributed by atoms with Gasteiger partial charge in [-0.25, -0.2) is 14.4 Å². The zero-order valence-corrected chi connectivity index (χ0v) is 16.3. The minimum absolute atomic E-state index is 0.0696. The van der Waals surface area contributed by atoms with Crippen LogP contribution in [0.2, 0.25) is 5.02 Å². The summed E-state index contributed by atoms with van der Waals surface area (Å²) in [6, 6.07) is 10.5. The predicted molar refractivity (Wildman–Crippen MR) is 112 cm³/mol. The molecule has 3 aromatic heterocycles. The summed E-state index contributed by atoms with van der Waals surface area (Å²) in [4.78, 5) is 16.0. The van der Waals surface area contributed by atoms with Crippen molar-refractivity contribution in [3.8, 4) is 16.9 Å². The van der Waals surface area contributed by atoms with Gasteiger partial charge in [-0.3, -0.25) is 4.98 Å². The normalized spacial score (nSPS) is 14.5. The second-order valence-corrected chi connectivity index (χ2v) is 7.27. The van der Waals surface area contributed by atoms with Gasteiger partial charge in [0.25, 0.3) is 0 Å². The van der Waals surface area contributed by atoms with Crippen LogP contribution in [0.1, 0.15) is 0 Å². The van der Waals surface area contributed by atoms with Crippen molar-refractivity contribution in [2.45, 2.75) is 0 Å². The lowest BCUT2D eigenvalue weighted by atomic mass is 10.1. The van der Waals surface area contributed by atoms with Gasteiger partial charge in [0.05, 0.1) is 16.1 Å². The Morgan fingerprint density at radius 1 is 1.03 bits per heavy atom. The lowest BCUT2D eigenvalue weighted by Crippen LogP contribution is -2.44. The third kappa shape index (κ3) is 3.22. The topological polar surface area (TPSA) is 58.9 Å². The van der Waals surface area contributed by atoms with Crippen molar-refractivity contribution in [1.29, 1.82) is 0 Å². The summed E-state index contributed by atoms with van der Waals surface area (Å²) >= 11 is 6.04. The first-order valence-electron chi connectivity index (χ1n) is 9.41. The Morgan fingerprint density at radius 3 is 2.66 bits per heavy atom. The third-order valence-electron chi connectivity index (χ3n) is 5.10. The summed E-state index contributed by atoms with van der Waals surface area (Å²) in [7, 11) is 0. The first-order valence-corrected chi connectivity index (χ1v) is 9.79. The van der Waals surface area contributed by atoms with Crippen molar-refractivity contribution in [1.82, 2.24) is 24.8 Å². The van der Waals surface area contributed by atoms with Gasteiger partial charge in [0.2, 0.25) is 0 Å². The maximum atomic E-state index is 13.7. The van der Waals surface area contributed by atoms with Gasteiger partial charge < -0.3 is 14.8 Å². The first-order chi connectivity index (χ1) is 14.2. The van der Waals surface area contributed by atoms with Crippen LogP contribution in [-0.2, 0) is 0 Å². The minimum Gasteiger partial charge on any atom is -0.353 e. The van der Waals surface area contributed by atoms with Gasteiger partial charge in [-0.15, -0.1) is 0 Å². The molecule has 0 radical (unpaired) electrons. The van der Waals surface area contributed by atoms with Gasteiger partial charge in [-0.2, -0.15) is 0 Å². The van der Waals surface area contributed by atoms with E-state index >= 15 is 0 Å². The molecule has 5 rings (SSSR count). The summed E-state index contributed by atoms with van der Waals surface area (Å²) in [5.74, 6) is 0.428. The molecular weight excluding hydrogens is 391 g/mol. The average molecular weight is 409 g/mol. The maximum absolute atomic E-state index is 13.7. The number of rotatable bonds is 3. The van der Waals surface area contributed by atoms with E-state index in [9.17, 15) is 4.39 Å². The fourth-order valence-electron chi connectivity index (χ4n) is 3.71. The molecule has 1 fully saturated rings. The van der Waals surface area contributed by atoms with Crippen molar-refractivity contribution in [3.63, 3.8) is 0 Å². The molecule has 6 nitrogen and oxygen atoms in total. The minimum atomic E-state index is -0.451. The Morgan fingerprint density at radius 2 is 1.90 bits per heavy atom. The van der Waals surface area contributed by atoms with Crippen LogP contribution >= 0.6 is 11.6 Å². The molecule has 0 atom stereocenters. The lowest BCUT2D eigenvalue weighted by molar-refractivity contribution is 0.586. The summed E-state index contributed by atoms with van der Waals surface area (Å²) < 4.78 is 15.6. The largest absolute Gasteiger partial charge is 0.353 e. The first kappa shape index (κ1) is 18.0. The number of piperazine rings is 1. The molecule has 1 aromatic carbocycles. The molecule has 0 saturated carbocycles. The van der Waals surface area contributed by atoms with Crippen LogP contribution in [0.5, 0.6) is 0 Å². The highest BCUT2D eigenvalue weighted by Crippen LogP contribution is 2.36. The number of fused-ring (bicyclic) bond motifs is 1. The van der Waals surface area contributed by atoms with E-state index in [4.69, 9.17) is 11.6 Å². The Bertz CT molecular complexity index is 1170. The molecule has 1 saturated heterocycles. The molecule has 146 valence electrons. The van der Waals surface area contributed by atoms with E-state index in [0.29, 0.717) is 0 Å². The van der Waals surface area contributed by atoms with E-state index in [1.807, 2.05) is 29.0 Å². The fraction of sp³-hybridized carbons (Fsp3) is 0.190. The number of nitrogens with zero attached hydrogens (tertiary/aromatic N) is 5. The van der Waals surface area contributed by atoms with Gasteiger partial charge in [-0.1, -0.05) is 17.7 Å². The number of pyridine rings is 1. The van der Waals surface area contributed by atoms with Gasteiger partial charge >= 0.3 is 0 Å². The van der Waals surface area contributed by atoms with E-state index in [1.165, 1.54) is 6.07 Å². The molecule has 0 spiro atoms. The Labute approximate surface area is 172 Å². The van der Waals surface area contributed by atoms with E-state index in [2.05, 4.69) is 25.2 Å².